The summed E-state index contributed by atoms with van der Waals surface area (Å²) in [6, 6.07) is 12.9. The van der Waals surface area contributed by atoms with Crippen LogP contribution in [0.4, 0.5) is 5.69 Å². The maximum absolute atomic E-state index is 12.3. The van der Waals surface area contributed by atoms with Crippen molar-refractivity contribution in [1.29, 1.82) is 0 Å². The van der Waals surface area contributed by atoms with Gasteiger partial charge >= 0.3 is 0 Å². The lowest BCUT2D eigenvalue weighted by Crippen LogP contribution is -2.40. The van der Waals surface area contributed by atoms with E-state index in [9.17, 15) is 4.79 Å². The van der Waals surface area contributed by atoms with E-state index in [1.165, 1.54) is 11.3 Å². The van der Waals surface area contributed by atoms with Gasteiger partial charge in [-0.25, -0.2) is 4.98 Å². The number of nitrogens with one attached hydrogen (secondary N) is 1. The van der Waals surface area contributed by atoms with E-state index in [-0.39, 0.29) is 12.5 Å². The molecule has 0 aliphatic carbocycles. The Morgan fingerprint density at radius 2 is 2.09 bits per heavy atom. The monoisotopic (exact) mass is 312 g/mol. The van der Waals surface area contributed by atoms with Crippen LogP contribution in [0.2, 0.25) is 0 Å². The quantitative estimate of drug-likeness (QED) is 0.790. The van der Waals surface area contributed by atoms with Crippen molar-refractivity contribution in [3.63, 3.8) is 0 Å². The molecule has 1 aromatic heterocycles. The summed E-state index contributed by atoms with van der Waals surface area (Å²) >= 11 is 1.54. The van der Waals surface area contributed by atoms with E-state index in [0.29, 0.717) is 11.5 Å². The SMILES string of the molecule is O=C(Nc1ccc2ncsc2c1)C1COc2ccccc2O1. The Morgan fingerprint density at radius 3 is 3.00 bits per heavy atom. The van der Waals surface area contributed by atoms with Gasteiger partial charge in [-0.1, -0.05) is 12.1 Å². The Labute approximate surface area is 130 Å². The fourth-order valence-electron chi connectivity index (χ4n) is 2.30. The van der Waals surface area contributed by atoms with Gasteiger partial charge in [0.25, 0.3) is 5.91 Å². The zero-order chi connectivity index (χ0) is 14.9. The number of rotatable bonds is 2. The summed E-state index contributed by atoms with van der Waals surface area (Å²) in [6.07, 6.45) is -0.660. The van der Waals surface area contributed by atoms with Gasteiger partial charge in [0.05, 0.1) is 15.7 Å². The van der Waals surface area contributed by atoms with Crippen LogP contribution in [0.5, 0.6) is 11.5 Å². The van der Waals surface area contributed by atoms with Crippen LogP contribution in [-0.2, 0) is 4.79 Å². The fraction of sp³-hybridized carbons (Fsp3) is 0.125. The highest BCUT2D eigenvalue weighted by atomic mass is 32.1. The van der Waals surface area contributed by atoms with Gasteiger partial charge in [-0.05, 0) is 30.3 Å². The Kier molecular flexibility index (Phi) is 3.16. The number of thiazole rings is 1. The number of para-hydroxylation sites is 2. The Morgan fingerprint density at radius 1 is 1.23 bits per heavy atom. The zero-order valence-electron chi connectivity index (χ0n) is 11.5. The maximum atomic E-state index is 12.3. The number of amides is 1. The summed E-state index contributed by atoms with van der Waals surface area (Å²) in [5.41, 5.74) is 3.43. The molecule has 0 saturated carbocycles. The van der Waals surface area contributed by atoms with Crippen molar-refractivity contribution in [3.05, 3.63) is 48.0 Å². The molecule has 2 heterocycles. The predicted octanol–water partition coefficient (Wildman–Crippen LogP) is 3.07. The summed E-state index contributed by atoms with van der Waals surface area (Å²) in [7, 11) is 0. The van der Waals surface area contributed by atoms with Gasteiger partial charge in [-0.2, -0.15) is 0 Å². The maximum Gasteiger partial charge on any atom is 0.269 e. The molecule has 3 aromatic rings. The van der Waals surface area contributed by atoms with Crippen molar-refractivity contribution < 1.29 is 14.3 Å². The third-order valence-electron chi connectivity index (χ3n) is 3.40. The molecule has 110 valence electrons. The van der Waals surface area contributed by atoms with Gasteiger partial charge in [0.1, 0.15) is 6.61 Å². The van der Waals surface area contributed by atoms with Gasteiger partial charge in [-0.15, -0.1) is 11.3 Å². The highest BCUT2D eigenvalue weighted by Gasteiger charge is 2.27. The Hall–Kier alpha value is -2.60. The molecule has 0 bridgehead atoms. The van der Waals surface area contributed by atoms with Gasteiger partial charge in [-0.3, -0.25) is 4.79 Å². The second-order valence-corrected chi connectivity index (χ2v) is 5.77. The van der Waals surface area contributed by atoms with E-state index < -0.39 is 6.10 Å². The van der Waals surface area contributed by atoms with Crippen molar-refractivity contribution >= 4 is 33.1 Å². The van der Waals surface area contributed by atoms with Crippen molar-refractivity contribution in [1.82, 2.24) is 4.98 Å². The summed E-state index contributed by atoms with van der Waals surface area (Å²) in [6.45, 7) is 0.200. The normalized spacial score (nSPS) is 16.5. The molecule has 0 fully saturated rings. The minimum atomic E-state index is -0.660. The number of nitrogens with zero attached hydrogens (tertiary/aromatic N) is 1. The lowest BCUT2D eigenvalue weighted by Gasteiger charge is -2.25. The highest BCUT2D eigenvalue weighted by Crippen LogP contribution is 2.31. The van der Waals surface area contributed by atoms with Crippen molar-refractivity contribution in [2.75, 3.05) is 11.9 Å². The van der Waals surface area contributed by atoms with Crippen LogP contribution in [0.3, 0.4) is 0 Å². The average Bonchev–Trinajstić information content (AvgIpc) is 3.02. The standard InChI is InChI=1S/C16H12N2O3S/c19-16(14-8-20-12-3-1-2-4-13(12)21-14)18-10-5-6-11-15(7-10)22-9-17-11/h1-7,9,14H,8H2,(H,18,19). The molecule has 1 amide bonds. The van der Waals surface area contributed by atoms with E-state index >= 15 is 0 Å². The van der Waals surface area contributed by atoms with Crippen LogP contribution >= 0.6 is 11.3 Å². The Bertz CT molecular complexity index is 846. The zero-order valence-corrected chi connectivity index (χ0v) is 12.3. The molecule has 1 aliphatic rings. The third-order valence-corrected chi connectivity index (χ3v) is 4.19. The first-order valence-corrected chi connectivity index (χ1v) is 7.70. The molecule has 2 aromatic carbocycles. The molecule has 0 spiro atoms. The van der Waals surface area contributed by atoms with Crippen LogP contribution in [0, 0.1) is 0 Å². The summed E-state index contributed by atoms with van der Waals surface area (Å²) in [5.74, 6) is 1.03. The third kappa shape index (κ3) is 2.37. The van der Waals surface area contributed by atoms with E-state index in [1.807, 2.05) is 36.4 Å². The van der Waals surface area contributed by atoms with Crippen molar-refractivity contribution in [3.8, 4) is 11.5 Å². The molecule has 4 rings (SSSR count). The molecule has 1 N–H and O–H groups in total. The van der Waals surface area contributed by atoms with E-state index in [2.05, 4.69) is 10.3 Å². The van der Waals surface area contributed by atoms with Crippen molar-refractivity contribution in [2.24, 2.45) is 0 Å². The molecule has 1 atom stereocenters. The molecule has 0 radical (unpaired) electrons. The minimum absolute atomic E-state index is 0.200. The summed E-state index contributed by atoms with van der Waals surface area (Å²) in [5, 5.41) is 2.86. The first kappa shape index (κ1) is 13.1. The largest absolute Gasteiger partial charge is 0.485 e. The van der Waals surface area contributed by atoms with Crippen molar-refractivity contribution in [2.45, 2.75) is 6.10 Å². The predicted molar refractivity (Wildman–Crippen MR) is 84.6 cm³/mol. The average molecular weight is 312 g/mol. The molecule has 5 nitrogen and oxygen atoms in total. The number of fused-ring (bicyclic) bond motifs is 2. The fourth-order valence-corrected chi connectivity index (χ4v) is 3.02. The minimum Gasteiger partial charge on any atom is -0.485 e. The van der Waals surface area contributed by atoms with Crippen LogP contribution in [0.25, 0.3) is 10.2 Å². The number of carbonyl (C=O) groups excluding carboxylic acids is 1. The summed E-state index contributed by atoms with van der Waals surface area (Å²) < 4.78 is 12.3. The lowest BCUT2D eigenvalue weighted by molar-refractivity contribution is -0.125. The highest BCUT2D eigenvalue weighted by molar-refractivity contribution is 7.16. The number of hydrogen-bond acceptors (Lipinski definition) is 5. The van der Waals surface area contributed by atoms with E-state index in [1.54, 1.807) is 11.6 Å². The number of carbonyl (C=O) groups is 1. The molecule has 1 unspecified atom stereocenters. The second-order valence-electron chi connectivity index (χ2n) is 4.89. The van der Waals surface area contributed by atoms with Gasteiger partial charge in [0.15, 0.2) is 11.5 Å². The molecule has 22 heavy (non-hydrogen) atoms. The molecular weight excluding hydrogens is 300 g/mol. The number of hydrogen-bond donors (Lipinski definition) is 1. The smallest absolute Gasteiger partial charge is 0.269 e. The van der Waals surface area contributed by atoms with Crippen LogP contribution in [-0.4, -0.2) is 23.6 Å². The number of anilines is 1. The lowest BCUT2D eigenvalue weighted by atomic mass is 10.2. The number of benzene rings is 2. The summed E-state index contributed by atoms with van der Waals surface area (Å²) in [4.78, 5) is 16.5. The molecule has 1 aliphatic heterocycles. The first-order chi connectivity index (χ1) is 10.8. The topological polar surface area (TPSA) is 60.5 Å². The second kappa shape index (κ2) is 5.31. The molecule has 0 saturated heterocycles. The Balaban J connectivity index is 1.50. The van der Waals surface area contributed by atoms with Crippen LogP contribution < -0.4 is 14.8 Å². The number of ether oxygens (including phenoxy) is 2. The number of aromatic nitrogens is 1. The van der Waals surface area contributed by atoms with Gasteiger partial charge in [0.2, 0.25) is 6.10 Å². The van der Waals surface area contributed by atoms with Gasteiger partial charge < -0.3 is 14.8 Å². The van der Waals surface area contributed by atoms with E-state index in [0.717, 1.165) is 15.9 Å². The first-order valence-electron chi connectivity index (χ1n) is 6.82. The van der Waals surface area contributed by atoms with E-state index in [4.69, 9.17) is 9.47 Å². The molecule has 6 heteroatoms. The van der Waals surface area contributed by atoms with Crippen LogP contribution in [0.15, 0.2) is 48.0 Å². The van der Waals surface area contributed by atoms with Crippen LogP contribution in [0.1, 0.15) is 0 Å². The molecular formula is C16H12N2O3S. The van der Waals surface area contributed by atoms with Gasteiger partial charge in [0, 0.05) is 5.69 Å².